The Hall–Kier alpha value is -2.26. The molecule has 1 saturated heterocycles. The largest absolute Gasteiger partial charge is 0.410 e. The molecule has 204 valence electrons. The fraction of sp³-hybridized carbons (Fsp3) is 0.643. The molecule has 0 spiro atoms. The van der Waals surface area contributed by atoms with Crippen molar-refractivity contribution in [2.75, 3.05) is 31.5 Å². The van der Waals surface area contributed by atoms with E-state index in [-0.39, 0.29) is 23.8 Å². The van der Waals surface area contributed by atoms with E-state index in [1.54, 1.807) is 29.2 Å². The smallest absolute Gasteiger partial charge is 0.363 e. The van der Waals surface area contributed by atoms with Gasteiger partial charge in [0.2, 0.25) is 0 Å². The summed E-state index contributed by atoms with van der Waals surface area (Å²) in [6.45, 7) is 2.83. The molecule has 4 bridgehead atoms. The number of amides is 1. The molecule has 0 radical (unpaired) electrons. The van der Waals surface area contributed by atoms with Gasteiger partial charge in [0.1, 0.15) is 5.82 Å². The van der Waals surface area contributed by atoms with Gasteiger partial charge in [-0.05, 0) is 74.0 Å². The first-order valence-corrected chi connectivity index (χ1v) is 14.3. The highest BCUT2D eigenvalue weighted by atomic mass is 35.5. The molecule has 5 fully saturated rings. The number of carbonyl (C=O) groups excluding carboxylic acids is 1. The maximum atomic E-state index is 14.1. The second-order valence-corrected chi connectivity index (χ2v) is 12.8. The first-order chi connectivity index (χ1) is 18.2. The number of anilines is 1. The van der Waals surface area contributed by atoms with E-state index in [0.717, 1.165) is 35.5 Å². The average molecular weight is 548 g/mol. The quantitative estimate of drug-likeness (QED) is 0.518. The Morgan fingerprint density at radius 2 is 1.55 bits per heavy atom. The van der Waals surface area contributed by atoms with Crippen molar-refractivity contribution in [1.82, 2.24) is 19.6 Å². The summed E-state index contributed by atoms with van der Waals surface area (Å²) in [7, 11) is 0. The summed E-state index contributed by atoms with van der Waals surface area (Å²) in [5.41, 5.74) is 1.09. The Labute approximate surface area is 225 Å². The Morgan fingerprint density at radius 3 is 2.13 bits per heavy atom. The predicted octanol–water partition coefficient (Wildman–Crippen LogP) is 5.92. The number of benzene rings is 1. The number of carbonyl (C=O) groups is 1. The van der Waals surface area contributed by atoms with E-state index in [9.17, 15) is 18.0 Å². The van der Waals surface area contributed by atoms with Gasteiger partial charge in [0.05, 0.1) is 6.04 Å². The first kappa shape index (κ1) is 24.8. The molecule has 6 nitrogen and oxygen atoms in total. The molecule has 1 aromatic heterocycles. The molecular weight excluding hydrogens is 515 g/mol. The summed E-state index contributed by atoms with van der Waals surface area (Å²) < 4.78 is 43.2. The number of rotatable bonds is 3. The minimum atomic E-state index is -4.49. The van der Waals surface area contributed by atoms with Crippen molar-refractivity contribution in [2.24, 2.45) is 17.8 Å². The number of hydrogen-bond acceptors (Lipinski definition) is 4. The van der Waals surface area contributed by atoms with E-state index in [4.69, 9.17) is 11.6 Å². The Morgan fingerprint density at radius 1 is 0.947 bits per heavy atom. The molecule has 2 atom stereocenters. The van der Waals surface area contributed by atoms with Gasteiger partial charge in [0.25, 0.3) is 5.91 Å². The van der Waals surface area contributed by atoms with Gasteiger partial charge in [-0.1, -0.05) is 23.7 Å². The van der Waals surface area contributed by atoms with E-state index in [0.29, 0.717) is 29.2 Å². The summed E-state index contributed by atoms with van der Waals surface area (Å²) in [6, 6.07) is 5.91. The van der Waals surface area contributed by atoms with Crippen LogP contribution in [0.4, 0.5) is 19.0 Å². The SMILES string of the molecule is O=C(c1cc2n(n1)[C@H](C(F)(F)F)C[C@H](c1ccc(Cl)cc1)N2)N1CCN(C23CC4CC(CC(C4)C2)C3)CC1. The highest BCUT2D eigenvalue weighted by Crippen LogP contribution is 2.58. The predicted molar refractivity (Wildman–Crippen MR) is 138 cm³/mol. The van der Waals surface area contributed by atoms with Gasteiger partial charge < -0.3 is 10.2 Å². The Bertz CT molecular complexity index is 1180. The van der Waals surface area contributed by atoms with Crippen molar-refractivity contribution in [1.29, 1.82) is 0 Å². The summed E-state index contributed by atoms with van der Waals surface area (Å²) in [6.07, 6.45) is 3.37. The van der Waals surface area contributed by atoms with Gasteiger partial charge in [-0.15, -0.1) is 0 Å². The van der Waals surface area contributed by atoms with Gasteiger partial charge in [-0.25, -0.2) is 4.68 Å². The lowest BCUT2D eigenvalue weighted by molar-refractivity contribution is -0.173. The van der Waals surface area contributed by atoms with Crippen LogP contribution in [0.1, 0.15) is 73.1 Å². The van der Waals surface area contributed by atoms with Crippen LogP contribution in [0, 0.1) is 17.8 Å². The molecule has 1 N–H and O–H groups in total. The third-order valence-electron chi connectivity index (χ3n) is 9.92. The number of fused-ring (bicyclic) bond motifs is 1. The van der Waals surface area contributed by atoms with Crippen LogP contribution in [0.3, 0.4) is 0 Å². The molecule has 0 unspecified atom stereocenters. The minimum Gasteiger partial charge on any atom is -0.363 e. The molecule has 38 heavy (non-hydrogen) atoms. The molecule has 2 aliphatic heterocycles. The maximum absolute atomic E-state index is 14.1. The van der Waals surface area contributed by atoms with Crippen LogP contribution in [-0.2, 0) is 0 Å². The second kappa shape index (κ2) is 8.88. The molecule has 8 rings (SSSR count). The molecule has 2 aromatic rings. The zero-order valence-corrected chi connectivity index (χ0v) is 22.0. The van der Waals surface area contributed by atoms with Crippen molar-refractivity contribution in [2.45, 2.75) is 68.7 Å². The van der Waals surface area contributed by atoms with Crippen LogP contribution >= 0.6 is 11.6 Å². The van der Waals surface area contributed by atoms with Gasteiger partial charge >= 0.3 is 6.18 Å². The first-order valence-electron chi connectivity index (χ1n) is 13.9. The molecule has 1 aromatic carbocycles. The van der Waals surface area contributed by atoms with E-state index >= 15 is 0 Å². The van der Waals surface area contributed by atoms with Crippen LogP contribution < -0.4 is 5.32 Å². The van der Waals surface area contributed by atoms with Crippen molar-refractivity contribution in [3.05, 3.63) is 46.6 Å². The molecule has 3 heterocycles. The molecule has 6 aliphatic rings. The third kappa shape index (κ3) is 4.21. The van der Waals surface area contributed by atoms with E-state index in [1.165, 1.54) is 44.6 Å². The fourth-order valence-electron chi connectivity index (χ4n) is 8.59. The van der Waals surface area contributed by atoms with Gasteiger partial charge in [0.15, 0.2) is 11.7 Å². The second-order valence-electron chi connectivity index (χ2n) is 12.3. The lowest BCUT2D eigenvalue weighted by atomic mass is 9.52. The van der Waals surface area contributed by atoms with E-state index in [2.05, 4.69) is 15.3 Å². The van der Waals surface area contributed by atoms with Crippen molar-refractivity contribution in [3.8, 4) is 0 Å². The van der Waals surface area contributed by atoms with E-state index in [1.807, 2.05) is 0 Å². The number of halogens is 4. The Balaban J connectivity index is 1.07. The lowest BCUT2D eigenvalue weighted by Crippen LogP contribution is -2.64. The van der Waals surface area contributed by atoms with Crippen molar-refractivity contribution in [3.63, 3.8) is 0 Å². The molecule has 1 amide bonds. The highest BCUT2D eigenvalue weighted by Gasteiger charge is 2.54. The lowest BCUT2D eigenvalue weighted by Gasteiger charge is -2.61. The van der Waals surface area contributed by atoms with Crippen LogP contribution in [-0.4, -0.2) is 63.4 Å². The summed E-state index contributed by atoms with van der Waals surface area (Å²) >= 11 is 5.97. The standard InChI is InChI=1S/C28H33ClF3N5O/c29-21-3-1-20(2-4-21)22-12-24(28(30,31)32)37-25(33-22)13-23(34-37)26(38)35-5-7-36(8-6-35)27-14-17-9-18(15-27)11-19(10-17)16-27/h1-4,13,17-19,22,24,33H,5-12,14-16H2/t17?,18?,19?,22-,24+,27?/m1/s1. The zero-order chi connectivity index (χ0) is 26.2. The third-order valence-corrected chi connectivity index (χ3v) is 10.2. The van der Waals surface area contributed by atoms with Gasteiger partial charge in [0, 0.05) is 49.2 Å². The zero-order valence-electron chi connectivity index (χ0n) is 21.3. The molecular formula is C28H33ClF3N5O. The molecule has 4 aliphatic carbocycles. The molecule has 4 saturated carbocycles. The normalized spacial score (nSPS) is 34.7. The maximum Gasteiger partial charge on any atom is 0.410 e. The summed E-state index contributed by atoms with van der Waals surface area (Å²) in [5.74, 6) is 2.52. The topological polar surface area (TPSA) is 53.4 Å². The van der Waals surface area contributed by atoms with Crippen LogP contribution in [0.15, 0.2) is 30.3 Å². The monoisotopic (exact) mass is 547 g/mol. The van der Waals surface area contributed by atoms with Crippen molar-refractivity contribution < 1.29 is 18.0 Å². The highest BCUT2D eigenvalue weighted by molar-refractivity contribution is 6.30. The van der Waals surface area contributed by atoms with Crippen LogP contribution in [0.5, 0.6) is 0 Å². The van der Waals surface area contributed by atoms with Crippen LogP contribution in [0.2, 0.25) is 5.02 Å². The summed E-state index contributed by atoms with van der Waals surface area (Å²) in [4.78, 5) is 17.8. The number of nitrogens with one attached hydrogen (secondary N) is 1. The van der Waals surface area contributed by atoms with Crippen LogP contribution in [0.25, 0.3) is 0 Å². The minimum absolute atomic E-state index is 0.0711. The molecule has 10 heteroatoms. The van der Waals surface area contributed by atoms with Crippen molar-refractivity contribution >= 4 is 23.3 Å². The number of piperazine rings is 1. The Kier molecular flexibility index (Phi) is 5.78. The fourth-order valence-corrected chi connectivity index (χ4v) is 8.72. The number of alkyl halides is 3. The van der Waals surface area contributed by atoms with Gasteiger partial charge in [-0.2, -0.15) is 18.3 Å². The number of nitrogens with zero attached hydrogens (tertiary/aromatic N) is 4. The summed E-state index contributed by atoms with van der Waals surface area (Å²) in [5, 5.41) is 7.90. The number of hydrogen-bond donors (Lipinski definition) is 1. The average Bonchev–Trinajstić information content (AvgIpc) is 3.31. The van der Waals surface area contributed by atoms with Gasteiger partial charge in [-0.3, -0.25) is 9.69 Å². The van der Waals surface area contributed by atoms with E-state index < -0.39 is 18.3 Å². The number of aromatic nitrogens is 2.